The molecular formula is C7H14N2O3S. The highest BCUT2D eigenvalue weighted by Gasteiger charge is 2.31. The average molecular weight is 206 g/mol. The first kappa shape index (κ1) is 10.5. The summed E-state index contributed by atoms with van der Waals surface area (Å²) in [6.07, 6.45) is 0.739. The summed E-state index contributed by atoms with van der Waals surface area (Å²) in [7, 11) is -3.36. The molecule has 6 heteroatoms. The van der Waals surface area contributed by atoms with E-state index in [1.165, 1.54) is 0 Å². The Kier molecular flexibility index (Phi) is 2.92. The van der Waals surface area contributed by atoms with Gasteiger partial charge in [-0.1, -0.05) is 0 Å². The summed E-state index contributed by atoms with van der Waals surface area (Å²) >= 11 is 0. The van der Waals surface area contributed by atoms with Gasteiger partial charge in [0.15, 0.2) is 0 Å². The van der Waals surface area contributed by atoms with Crippen LogP contribution < -0.4 is 5.73 Å². The van der Waals surface area contributed by atoms with Crippen LogP contribution in [0, 0.1) is 0 Å². The predicted octanol–water partition coefficient (Wildman–Crippen LogP) is -0.714. The fourth-order valence-corrected chi connectivity index (χ4v) is 2.87. The summed E-state index contributed by atoms with van der Waals surface area (Å²) in [4.78, 5) is 11.2. The van der Waals surface area contributed by atoms with E-state index in [-0.39, 0.29) is 24.2 Å². The van der Waals surface area contributed by atoms with Gasteiger partial charge in [-0.25, -0.2) is 12.7 Å². The molecule has 1 saturated heterocycles. The van der Waals surface area contributed by atoms with E-state index in [1.54, 1.807) is 6.92 Å². The second-order valence-electron chi connectivity index (χ2n) is 3.32. The highest BCUT2D eigenvalue weighted by atomic mass is 32.2. The van der Waals surface area contributed by atoms with E-state index in [4.69, 9.17) is 5.73 Å². The molecule has 0 bridgehead atoms. The van der Waals surface area contributed by atoms with Crippen molar-refractivity contribution in [2.75, 3.05) is 12.3 Å². The Balaban J connectivity index is 2.81. The molecular weight excluding hydrogens is 192 g/mol. The number of carbonyl (C=O) groups is 1. The number of sulfonamides is 1. The van der Waals surface area contributed by atoms with Crippen molar-refractivity contribution in [3.05, 3.63) is 0 Å². The molecule has 1 rings (SSSR count). The Morgan fingerprint density at radius 1 is 1.62 bits per heavy atom. The lowest BCUT2D eigenvalue weighted by molar-refractivity contribution is -0.127. The minimum absolute atomic E-state index is 0.0610. The second-order valence-corrected chi connectivity index (χ2v) is 5.33. The van der Waals surface area contributed by atoms with E-state index in [1.807, 2.05) is 0 Å². The number of amides is 1. The van der Waals surface area contributed by atoms with Crippen LogP contribution in [0.1, 0.15) is 19.8 Å². The SMILES string of the molecule is CC(N)CN1C(=O)CCCS1(=O)=O. The van der Waals surface area contributed by atoms with Gasteiger partial charge >= 0.3 is 0 Å². The Labute approximate surface area is 77.9 Å². The standard InChI is InChI=1S/C7H14N2O3S/c1-6(8)5-9-7(10)3-2-4-13(9,11)12/h6H,2-5,8H2,1H3. The molecule has 1 fully saturated rings. The highest BCUT2D eigenvalue weighted by Crippen LogP contribution is 2.14. The third-order valence-corrected chi connectivity index (χ3v) is 3.69. The molecule has 1 unspecified atom stereocenters. The molecule has 1 amide bonds. The molecule has 0 aromatic heterocycles. The summed E-state index contributed by atoms with van der Waals surface area (Å²) in [5.74, 6) is -0.269. The van der Waals surface area contributed by atoms with Crippen molar-refractivity contribution in [2.45, 2.75) is 25.8 Å². The van der Waals surface area contributed by atoms with Crippen molar-refractivity contribution < 1.29 is 13.2 Å². The van der Waals surface area contributed by atoms with Gasteiger partial charge in [0.2, 0.25) is 15.9 Å². The van der Waals surface area contributed by atoms with Gasteiger partial charge in [0.1, 0.15) is 0 Å². The van der Waals surface area contributed by atoms with Crippen LogP contribution in [0.4, 0.5) is 0 Å². The van der Waals surface area contributed by atoms with E-state index in [9.17, 15) is 13.2 Å². The normalized spacial score (nSPS) is 24.5. The smallest absolute Gasteiger partial charge is 0.237 e. The third kappa shape index (κ3) is 2.41. The lowest BCUT2D eigenvalue weighted by Gasteiger charge is -2.27. The Morgan fingerprint density at radius 2 is 2.23 bits per heavy atom. The number of carbonyl (C=O) groups excluding carboxylic acids is 1. The maximum atomic E-state index is 11.4. The summed E-state index contributed by atoms with van der Waals surface area (Å²) in [6, 6.07) is -0.308. The van der Waals surface area contributed by atoms with Crippen molar-refractivity contribution in [3.8, 4) is 0 Å². The molecule has 0 spiro atoms. The monoisotopic (exact) mass is 206 g/mol. The molecule has 0 radical (unpaired) electrons. The van der Waals surface area contributed by atoms with Crippen molar-refractivity contribution in [2.24, 2.45) is 5.73 Å². The van der Waals surface area contributed by atoms with Gasteiger partial charge in [0, 0.05) is 12.5 Å². The topological polar surface area (TPSA) is 80.5 Å². The number of hydrogen-bond acceptors (Lipinski definition) is 4. The van der Waals surface area contributed by atoms with Crippen molar-refractivity contribution in [1.82, 2.24) is 4.31 Å². The van der Waals surface area contributed by atoms with Gasteiger partial charge < -0.3 is 5.73 Å². The first-order chi connectivity index (χ1) is 5.93. The van der Waals surface area contributed by atoms with E-state index in [0.717, 1.165) is 4.31 Å². The number of nitrogens with zero attached hydrogens (tertiary/aromatic N) is 1. The molecule has 0 aromatic carbocycles. The molecule has 1 aliphatic heterocycles. The molecule has 76 valence electrons. The van der Waals surface area contributed by atoms with E-state index < -0.39 is 10.0 Å². The maximum absolute atomic E-state index is 11.4. The number of rotatable bonds is 2. The van der Waals surface area contributed by atoms with E-state index in [0.29, 0.717) is 12.8 Å². The molecule has 2 N–H and O–H groups in total. The minimum Gasteiger partial charge on any atom is -0.326 e. The molecule has 1 heterocycles. The minimum atomic E-state index is -3.36. The van der Waals surface area contributed by atoms with E-state index >= 15 is 0 Å². The maximum Gasteiger partial charge on any atom is 0.237 e. The fourth-order valence-electron chi connectivity index (χ4n) is 1.27. The quantitative estimate of drug-likeness (QED) is 0.647. The van der Waals surface area contributed by atoms with E-state index in [2.05, 4.69) is 0 Å². The van der Waals surface area contributed by atoms with Crippen molar-refractivity contribution in [1.29, 1.82) is 0 Å². The average Bonchev–Trinajstić information content (AvgIpc) is 1.96. The van der Waals surface area contributed by atoms with Crippen LogP contribution >= 0.6 is 0 Å². The van der Waals surface area contributed by atoms with Gasteiger partial charge in [-0.15, -0.1) is 0 Å². The van der Waals surface area contributed by atoms with Gasteiger partial charge in [-0.05, 0) is 13.3 Å². The van der Waals surface area contributed by atoms with Crippen LogP contribution in [0.3, 0.4) is 0 Å². The van der Waals surface area contributed by atoms with Gasteiger partial charge in [0.25, 0.3) is 0 Å². The second kappa shape index (κ2) is 3.63. The first-order valence-electron chi connectivity index (χ1n) is 4.22. The first-order valence-corrected chi connectivity index (χ1v) is 5.83. The molecule has 1 atom stereocenters. The number of nitrogens with two attached hydrogens (primary N) is 1. The molecule has 1 aliphatic rings. The van der Waals surface area contributed by atoms with Gasteiger partial charge in [0.05, 0.1) is 12.3 Å². The predicted molar refractivity (Wildman–Crippen MR) is 48.4 cm³/mol. The Bertz CT molecular complexity index is 297. The summed E-state index contributed by atoms with van der Waals surface area (Å²) in [5.41, 5.74) is 5.45. The van der Waals surface area contributed by atoms with Crippen molar-refractivity contribution >= 4 is 15.9 Å². The summed E-state index contributed by atoms with van der Waals surface area (Å²) in [6.45, 7) is 1.78. The zero-order valence-electron chi connectivity index (χ0n) is 7.56. The highest BCUT2D eigenvalue weighted by molar-refractivity contribution is 7.89. The fraction of sp³-hybridized carbons (Fsp3) is 0.857. The van der Waals surface area contributed by atoms with Crippen LogP contribution in [-0.2, 0) is 14.8 Å². The summed E-state index contributed by atoms with van der Waals surface area (Å²) < 4.78 is 23.7. The van der Waals surface area contributed by atoms with Gasteiger partial charge in [-0.3, -0.25) is 4.79 Å². The zero-order valence-corrected chi connectivity index (χ0v) is 8.38. The Hall–Kier alpha value is -0.620. The molecule has 5 nitrogen and oxygen atoms in total. The lowest BCUT2D eigenvalue weighted by Crippen LogP contribution is -2.47. The number of hydrogen-bond donors (Lipinski definition) is 1. The molecule has 13 heavy (non-hydrogen) atoms. The van der Waals surface area contributed by atoms with Crippen molar-refractivity contribution in [3.63, 3.8) is 0 Å². The van der Waals surface area contributed by atoms with Crippen LogP contribution in [0.2, 0.25) is 0 Å². The van der Waals surface area contributed by atoms with Crippen LogP contribution in [0.25, 0.3) is 0 Å². The largest absolute Gasteiger partial charge is 0.326 e. The summed E-state index contributed by atoms with van der Waals surface area (Å²) in [5, 5.41) is 0. The molecule has 0 aliphatic carbocycles. The zero-order chi connectivity index (χ0) is 10.1. The molecule has 0 aromatic rings. The van der Waals surface area contributed by atoms with Crippen LogP contribution in [-0.4, -0.2) is 37.0 Å². The van der Waals surface area contributed by atoms with Crippen LogP contribution in [0.5, 0.6) is 0 Å². The van der Waals surface area contributed by atoms with Gasteiger partial charge in [-0.2, -0.15) is 0 Å². The Morgan fingerprint density at radius 3 is 2.69 bits per heavy atom. The third-order valence-electron chi connectivity index (χ3n) is 1.86. The lowest BCUT2D eigenvalue weighted by atomic mass is 10.3. The molecule has 0 saturated carbocycles. The van der Waals surface area contributed by atoms with Crippen LogP contribution in [0.15, 0.2) is 0 Å².